The molecule has 1 rings (SSSR count). The number of carbonyl (C=O) groups is 3. The summed E-state index contributed by atoms with van der Waals surface area (Å²) in [6.07, 6.45) is 0.375. The second-order valence-electron chi connectivity index (χ2n) is 4.11. The van der Waals surface area contributed by atoms with Crippen LogP contribution in [0.1, 0.15) is 26.7 Å². The van der Waals surface area contributed by atoms with Gasteiger partial charge in [0.1, 0.15) is 6.04 Å². The van der Waals surface area contributed by atoms with Gasteiger partial charge in [-0.25, -0.2) is 0 Å². The first kappa shape index (κ1) is 12.6. The highest BCUT2D eigenvalue weighted by Gasteiger charge is 2.33. The second-order valence-corrected chi connectivity index (χ2v) is 4.11. The maximum absolute atomic E-state index is 11.3. The van der Waals surface area contributed by atoms with Crippen molar-refractivity contribution in [2.24, 2.45) is 0 Å². The van der Waals surface area contributed by atoms with Gasteiger partial charge in [-0.05, 0) is 0 Å². The van der Waals surface area contributed by atoms with E-state index in [1.165, 1.54) is 0 Å². The van der Waals surface area contributed by atoms with Crippen molar-refractivity contribution in [1.29, 1.82) is 0 Å². The quantitative estimate of drug-likeness (QED) is 0.624. The lowest BCUT2D eigenvalue weighted by molar-refractivity contribution is -0.143. The van der Waals surface area contributed by atoms with Crippen LogP contribution >= 0.6 is 0 Å². The number of carbonyl (C=O) groups excluding carboxylic acids is 2. The van der Waals surface area contributed by atoms with Crippen LogP contribution in [-0.2, 0) is 14.4 Å². The molecule has 6 heteroatoms. The zero-order chi connectivity index (χ0) is 12.3. The second kappa shape index (κ2) is 5.07. The van der Waals surface area contributed by atoms with Gasteiger partial charge < -0.3 is 10.4 Å². The fraction of sp³-hybridized carbons (Fsp3) is 0.700. The van der Waals surface area contributed by atoms with Crippen LogP contribution in [0.2, 0.25) is 0 Å². The SMILES string of the molecule is CC(C)NC(CN1C(=O)CCC1=O)C(=O)O. The van der Waals surface area contributed by atoms with Gasteiger partial charge in [0.2, 0.25) is 11.8 Å². The van der Waals surface area contributed by atoms with E-state index < -0.39 is 12.0 Å². The van der Waals surface area contributed by atoms with E-state index in [1.807, 2.05) is 13.8 Å². The third-order valence-corrected chi connectivity index (χ3v) is 2.35. The molecule has 1 heterocycles. The van der Waals surface area contributed by atoms with Gasteiger partial charge in [-0.15, -0.1) is 0 Å². The number of aliphatic carboxylic acids is 1. The maximum atomic E-state index is 11.3. The van der Waals surface area contributed by atoms with Gasteiger partial charge in [0.15, 0.2) is 0 Å². The van der Waals surface area contributed by atoms with Crippen LogP contribution in [0.5, 0.6) is 0 Å². The van der Waals surface area contributed by atoms with Crippen LogP contribution in [0.15, 0.2) is 0 Å². The summed E-state index contributed by atoms with van der Waals surface area (Å²) in [7, 11) is 0. The van der Waals surface area contributed by atoms with E-state index in [-0.39, 0.29) is 37.2 Å². The molecule has 90 valence electrons. The standard InChI is InChI=1S/C10H16N2O4/c1-6(2)11-7(10(15)16)5-12-8(13)3-4-9(12)14/h6-7,11H,3-5H2,1-2H3,(H,15,16). The van der Waals surface area contributed by atoms with Gasteiger partial charge in [0, 0.05) is 18.9 Å². The van der Waals surface area contributed by atoms with Crippen molar-refractivity contribution in [3.8, 4) is 0 Å². The van der Waals surface area contributed by atoms with Crippen LogP contribution < -0.4 is 5.32 Å². The van der Waals surface area contributed by atoms with Crippen molar-refractivity contribution in [1.82, 2.24) is 10.2 Å². The van der Waals surface area contributed by atoms with Gasteiger partial charge in [0.05, 0.1) is 6.54 Å². The molecule has 6 nitrogen and oxygen atoms in total. The smallest absolute Gasteiger partial charge is 0.322 e. The zero-order valence-electron chi connectivity index (χ0n) is 9.40. The summed E-state index contributed by atoms with van der Waals surface area (Å²) in [4.78, 5) is 34.6. The fourth-order valence-electron chi connectivity index (χ4n) is 1.61. The number of hydrogen-bond donors (Lipinski definition) is 2. The topological polar surface area (TPSA) is 86.7 Å². The molecular weight excluding hydrogens is 212 g/mol. The Morgan fingerprint density at radius 3 is 2.25 bits per heavy atom. The predicted octanol–water partition coefficient (Wildman–Crippen LogP) is -0.413. The number of carboxylic acids is 1. The van der Waals surface area contributed by atoms with E-state index in [0.29, 0.717) is 0 Å². The number of likely N-dealkylation sites (tertiary alicyclic amines) is 1. The largest absolute Gasteiger partial charge is 0.480 e. The molecule has 2 N–H and O–H groups in total. The highest BCUT2D eigenvalue weighted by atomic mass is 16.4. The molecule has 1 aliphatic rings. The molecule has 0 aliphatic carbocycles. The summed E-state index contributed by atoms with van der Waals surface area (Å²) < 4.78 is 0. The van der Waals surface area contributed by atoms with Crippen LogP contribution in [0.3, 0.4) is 0 Å². The minimum absolute atomic E-state index is 0.0195. The lowest BCUT2D eigenvalue weighted by atomic mass is 10.2. The van der Waals surface area contributed by atoms with Crippen molar-refractivity contribution in [3.63, 3.8) is 0 Å². The lowest BCUT2D eigenvalue weighted by Gasteiger charge is -2.22. The molecule has 1 unspecified atom stereocenters. The summed E-state index contributed by atoms with van der Waals surface area (Å²) in [6.45, 7) is 3.53. The van der Waals surface area contributed by atoms with Crippen LogP contribution in [0.25, 0.3) is 0 Å². The third kappa shape index (κ3) is 3.03. The number of nitrogens with one attached hydrogen (secondary N) is 1. The normalized spacial score (nSPS) is 18.3. The Bertz CT molecular complexity index is 298. The van der Waals surface area contributed by atoms with Crippen molar-refractivity contribution in [2.45, 2.75) is 38.8 Å². The Hall–Kier alpha value is -1.43. The molecule has 0 bridgehead atoms. The molecule has 0 radical (unpaired) electrons. The Labute approximate surface area is 93.6 Å². The number of imide groups is 1. The Balaban J connectivity index is 2.64. The first-order valence-corrected chi connectivity index (χ1v) is 5.24. The van der Waals surface area contributed by atoms with E-state index in [9.17, 15) is 14.4 Å². The molecule has 0 saturated carbocycles. The highest BCUT2D eigenvalue weighted by molar-refractivity contribution is 6.02. The third-order valence-electron chi connectivity index (χ3n) is 2.35. The minimum Gasteiger partial charge on any atom is -0.480 e. The Morgan fingerprint density at radius 1 is 1.38 bits per heavy atom. The molecule has 0 spiro atoms. The number of carboxylic acid groups (broad SMARTS) is 1. The van der Waals surface area contributed by atoms with Crippen molar-refractivity contribution in [2.75, 3.05) is 6.54 Å². The molecule has 1 saturated heterocycles. The average Bonchev–Trinajstić information content (AvgIpc) is 2.47. The Morgan fingerprint density at radius 2 is 1.88 bits per heavy atom. The lowest BCUT2D eigenvalue weighted by Crippen LogP contribution is -2.49. The van der Waals surface area contributed by atoms with Crippen LogP contribution in [-0.4, -0.2) is 46.4 Å². The van der Waals surface area contributed by atoms with Crippen molar-refractivity contribution < 1.29 is 19.5 Å². The molecule has 0 aromatic heterocycles. The molecule has 1 atom stereocenters. The van der Waals surface area contributed by atoms with E-state index in [2.05, 4.69) is 5.32 Å². The molecule has 2 amide bonds. The van der Waals surface area contributed by atoms with E-state index >= 15 is 0 Å². The summed E-state index contributed by atoms with van der Waals surface area (Å²) in [6, 6.07) is -0.917. The molecule has 16 heavy (non-hydrogen) atoms. The van der Waals surface area contributed by atoms with Crippen LogP contribution in [0.4, 0.5) is 0 Å². The van der Waals surface area contributed by atoms with E-state index in [0.717, 1.165) is 4.90 Å². The summed E-state index contributed by atoms with van der Waals surface area (Å²) in [5, 5.41) is 11.7. The molecule has 0 aromatic carbocycles. The highest BCUT2D eigenvalue weighted by Crippen LogP contribution is 2.12. The summed E-state index contributed by atoms with van der Waals surface area (Å²) >= 11 is 0. The first-order chi connectivity index (χ1) is 7.41. The molecular formula is C10H16N2O4. The average molecular weight is 228 g/mol. The van der Waals surface area contributed by atoms with Gasteiger partial charge in [-0.3, -0.25) is 19.3 Å². The number of hydrogen-bond acceptors (Lipinski definition) is 4. The maximum Gasteiger partial charge on any atom is 0.322 e. The molecule has 0 aromatic rings. The van der Waals surface area contributed by atoms with Gasteiger partial charge in [-0.1, -0.05) is 13.8 Å². The predicted molar refractivity (Wildman–Crippen MR) is 55.6 cm³/mol. The van der Waals surface area contributed by atoms with Gasteiger partial charge >= 0.3 is 5.97 Å². The monoisotopic (exact) mass is 228 g/mol. The van der Waals surface area contributed by atoms with Crippen molar-refractivity contribution >= 4 is 17.8 Å². The summed E-state index contributed by atoms with van der Waals surface area (Å²) in [5.74, 6) is -1.63. The zero-order valence-corrected chi connectivity index (χ0v) is 9.40. The van der Waals surface area contributed by atoms with Gasteiger partial charge in [-0.2, -0.15) is 0 Å². The molecule has 1 fully saturated rings. The number of rotatable bonds is 5. The Kier molecular flexibility index (Phi) is 4.00. The van der Waals surface area contributed by atoms with E-state index in [1.54, 1.807) is 0 Å². The number of amides is 2. The van der Waals surface area contributed by atoms with Gasteiger partial charge in [0.25, 0.3) is 0 Å². The first-order valence-electron chi connectivity index (χ1n) is 5.24. The number of nitrogens with zero attached hydrogens (tertiary/aromatic N) is 1. The molecule has 1 aliphatic heterocycles. The summed E-state index contributed by atoms with van der Waals surface area (Å²) in [5.41, 5.74) is 0. The van der Waals surface area contributed by atoms with Crippen LogP contribution in [0, 0.1) is 0 Å². The minimum atomic E-state index is -1.05. The van der Waals surface area contributed by atoms with Crippen molar-refractivity contribution in [3.05, 3.63) is 0 Å². The fourth-order valence-corrected chi connectivity index (χ4v) is 1.61. The van der Waals surface area contributed by atoms with E-state index in [4.69, 9.17) is 5.11 Å².